The second-order valence-corrected chi connectivity index (χ2v) is 9.21. The Labute approximate surface area is 199 Å². The number of nitro groups is 1. The maximum atomic E-state index is 12.1. The van der Waals surface area contributed by atoms with Crippen LogP contribution in [0, 0.1) is 10.1 Å². The van der Waals surface area contributed by atoms with Crippen molar-refractivity contribution in [2.45, 2.75) is 61.9 Å². The van der Waals surface area contributed by atoms with Gasteiger partial charge in [0.25, 0.3) is 0 Å². The zero-order valence-electron chi connectivity index (χ0n) is 18.8. The summed E-state index contributed by atoms with van der Waals surface area (Å²) < 4.78 is 17.6. The van der Waals surface area contributed by atoms with Crippen molar-refractivity contribution in [1.82, 2.24) is 9.97 Å². The Balaban J connectivity index is 1.67. The number of thioether (sulfide) groups is 1. The third-order valence-corrected chi connectivity index (χ3v) is 6.19. The van der Waals surface area contributed by atoms with Crippen molar-refractivity contribution in [3.05, 3.63) is 46.0 Å². The van der Waals surface area contributed by atoms with Crippen LogP contribution in [-0.2, 0) is 24.8 Å². The van der Waals surface area contributed by atoms with Gasteiger partial charge in [-0.15, -0.1) is 0 Å². The zero-order valence-corrected chi connectivity index (χ0v) is 19.6. The van der Waals surface area contributed by atoms with Gasteiger partial charge in [0, 0.05) is 12.7 Å². The first-order chi connectivity index (χ1) is 16.2. The molecule has 3 N–H and O–H groups in total. The van der Waals surface area contributed by atoms with Gasteiger partial charge in [-0.25, -0.2) is 0 Å². The molecule has 0 radical (unpaired) electrons. The topological polar surface area (TPSA) is 158 Å². The number of nitrogens with zero attached hydrogens (tertiary/aromatic N) is 3. The van der Waals surface area contributed by atoms with Crippen molar-refractivity contribution in [2.24, 2.45) is 0 Å². The molecule has 4 unspecified atom stereocenters. The van der Waals surface area contributed by atoms with Gasteiger partial charge in [-0.1, -0.05) is 42.1 Å². The smallest absolute Gasteiger partial charge is 0.343 e. The minimum atomic E-state index is -0.915. The third kappa shape index (κ3) is 5.28. The fraction of sp³-hybridized carbons (Fsp3) is 0.476. The number of anilines is 2. The molecular weight excluding hydrogens is 466 g/mol. The maximum absolute atomic E-state index is 12.1. The van der Waals surface area contributed by atoms with Gasteiger partial charge < -0.3 is 24.6 Å². The van der Waals surface area contributed by atoms with Gasteiger partial charge in [0.1, 0.15) is 18.3 Å². The van der Waals surface area contributed by atoms with Gasteiger partial charge in [0.15, 0.2) is 17.0 Å². The van der Waals surface area contributed by atoms with Crippen molar-refractivity contribution >= 4 is 35.1 Å². The molecule has 4 rings (SSSR count). The zero-order chi connectivity index (χ0) is 24.5. The van der Waals surface area contributed by atoms with Gasteiger partial charge in [0.2, 0.25) is 17.7 Å². The molecule has 1 amide bonds. The number of ether oxygens (including phenoxy) is 3. The normalized spacial score (nSPS) is 25.1. The summed E-state index contributed by atoms with van der Waals surface area (Å²) >= 11 is 1.15. The quantitative estimate of drug-likeness (QED) is 0.215. The molecule has 2 aliphatic rings. The number of amides is 1. The van der Waals surface area contributed by atoms with Crippen LogP contribution >= 0.6 is 11.8 Å². The number of aliphatic hydroxyl groups is 1. The van der Waals surface area contributed by atoms with E-state index < -0.39 is 41.2 Å². The number of hydrogen-bond acceptors (Lipinski definition) is 11. The van der Waals surface area contributed by atoms with Crippen LogP contribution in [0.1, 0.15) is 26.3 Å². The summed E-state index contributed by atoms with van der Waals surface area (Å²) in [6.45, 7) is 4.44. The average Bonchev–Trinajstić information content (AvgIpc) is 3.25. The first-order valence-corrected chi connectivity index (χ1v) is 11.5. The molecule has 3 heterocycles. The number of benzene rings is 1. The molecule has 0 spiro atoms. The second kappa shape index (κ2) is 9.80. The molecule has 4 atom stereocenters. The van der Waals surface area contributed by atoms with E-state index in [2.05, 4.69) is 20.6 Å². The lowest BCUT2D eigenvalue weighted by Crippen LogP contribution is -2.35. The second-order valence-electron chi connectivity index (χ2n) is 8.25. The highest BCUT2D eigenvalue weighted by atomic mass is 32.2. The Morgan fingerprint density at radius 3 is 2.59 bits per heavy atom. The molecule has 182 valence electrons. The van der Waals surface area contributed by atoms with Gasteiger partial charge in [-0.2, -0.15) is 9.97 Å². The summed E-state index contributed by atoms with van der Waals surface area (Å²) in [6.07, 6.45) is -2.80. The number of aromatic nitrogens is 2. The van der Waals surface area contributed by atoms with E-state index in [1.165, 1.54) is 6.92 Å². The molecule has 1 aromatic carbocycles. The molecule has 2 aromatic rings. The highest BCUT2D eigenvalue weighted by Crippen LogP contribution is 2.41. The lowest BCUT2D eigenvalue weighted by atomic mass is 10.1. The van der Waals surface area contributed by atoms with Crippen LogP contribution in [-0.4, -0.2) is 62.8 Å². The predicted octanol–water partition coefficient (Wildman–Crippen LogP) is 2.28. The lowest BCUT2D eigenvalue weighted by Gasteiger charge is -2.24. The molecule has 0 saturated carbocycles. The SMILES string of the molecule is CC(=O)Nc1nc(NC2OC(CO)C3OC(C)(C)OC23)c([N+](=O)[O-])c(SCc2ccccc2)n1. The van der Waals surface area contributed by atoms with Crippen molar-refractivity contribution in [3.63, 3.8) is 0 Å². The van der Waals surface area contributed by atoms with Gasteiger partial charge in [-0.3, -0.25) is 20.2 Å². The van der Waals surface area contributed by atoms with Crippen LogP contribution in [0.25, 0.3) is 0 Å². The predicted molar refractivity (Wildman–Crippen MR) is 122 cm³/mol. The van der Waals surface area contributed by atoms with E-state index in [-0.39, 0.29) is 29.1 Å². The molecule has 2 saturated heterocycles. The van der Waals surface area contributed by atoms with Crippen LogP contribution < -0.4 is 10.6 Å². The third-order valence-electron chi connectivity index (χ3n) is 5.15. The molecule has 34 heavy (non-hydrogen) atoms. The van der Waals surface area contributed by atoms with Crippen LogP contribution in [0.5, 0.6) is 0 Å². The first-order valence-electron chi connectivity index (χ1n) is 10.6. The number of fused-ring (bicyclic) bond motifs is 1. The molecule has 12 nitrogen and oxygen atoms in total. The summed E-state index contributed by atoms with van der Waals surface area (Å²) in [7, 11) is 0. The molecule has 0 aliphatic carbocycles. The first kappa shape index (κ1) is 24.3. The van der Waals surface area contributed by atoms with Crippen molar-refractivity contribution in [3.8, 4) is 0 Å². The molecule has 2 fully saturated rings. The number of carbonyl (C=O) groups is 1. The fourth-order valence-corrected chi connectivity index (χ4v) is 4.77. The fourth-order valence-electron chi connectivity index (χ4n) is 3.82. The van der Waals surface area contributed by atoms with E-state index in [0.29, 0.717) is 5.75 Å². The monoisotopic (exact) mass is 491 g/mol. The molecule has 13 heteroatoms. The summed E-state index contributed by atoms with van der Waals surface area (Å²) in [4.78, 5) is 31.5. The number of nitrogens with one attached hydrogen (secondary N) is 2. The maximum Gasteiger partial charge on any atom is 0.343 e. The Bertz CT molecular complexity index is 1070. The average molecular weight is 492 g/mol. The highest BCUT2D eigenvalue weighted by Gasteiger charge is 2.55. The van der Waals surface area contributed by atoms with E-state index >= 15 is 0 Å². The summed E-state index contributed by atoms with van der Waals surface area (Å²) in [5.41, 5.74) is 0.586. The number of hydrogen-bond donors (Lipinski definition) is 3. The number of rotatable bonds is 8. The van der Waals surface area contributed by atoms with E-state index in [1.807, 2.05) is 30.3 Å². The van der Waals surface area contributed by atoms with E-state index in [0.717, 1.165) is 17.3 Å². The number of aliphatic hydroxyl groups excluding tert-OH is 1. The van der Waals surface area contributed by atoms with Gasteiger partial charge in [-0.05, 0) is 19.4 Å². The Hall–Kier alpha value is -2.84. The molecule has 2 aliphatic heterocycles. The van der Waals surface area contributed by atoms with Crippen LogP contribution in [0.3, 0.4) is 0 Å². The Kier molecular flexibility index (Phi) is 7.00. The van der Waals surface area contributed by atoms with E-state index in [4.69, 9.17) is 14.2 Å². The Morgan fingerprint density at radius 1 is 1.24 bits per heavy atom. The standard InChI is InChI=1S/C21H25N5O7S/c1-11(28)22-20-24-17(23-18-16-15(13(9-27)31-18)32-21(2,3)33-16)14(26(29)30)19(25-20)34-10-12-7-5-4-6-8-12/h4-8,13,15-16,18,27H,9-10H2,1-3H3,(H2,22,23,24,25,28). The van der Waals surface area contributed by atoms with Crippen LogP contribution in [0.2, 0.25) is 0 Å². The largest absolute Gasteiger partial charge is 0.394 e. The number of carbonyl (C=O) groups excluding carboxylic acids is 1. The minimum Gasteiger partial charge on any atom is -0.394 e. The van der Waals surface area contributed by atoms with Gasteiger partial charge in [0.05, 0.1) is 11.5 Å². The van der Waals surface area contributed by atoms with Crippen molar-refractivity contribution in [2.75, 3.05) is 17.2 Å². The molecule has 1 aromatic heterocycles. The minimum absolute atomic E-state index is 0.0762. The molecular formula is C21H25N5O7S. The van der Waals surface area contributed by atoms with Crippen molar-refractivity contribution < 1.29 is 29.0 Å². The summed E-state index contributed by atoms with van der Waals surface area (Å²) in [5, 5.41) is 27.2. The van der Waals surface area contributed by atoms with E-state index in [9.17, 15) is 20.0 Å². The Morgan fingerprint density at radius 2 is 1.94 bits per heavy atom. The highest BCUT2D eigenvalue weighted by molar-refractivity contribution is 7.98. The lowest BCUT2D eigenvalue weighted by molar-refractivity contribution is -0.387. The van der Waals surface area contributed by atoms with E-state index in [1.54, 1.807) is 13.8 Å². The summed E-state index contributed by atoms with van der Waals surface area (Å²) in [5.74, 6) is -1.16. The summed E-state index contributed by atoms with van der Waals surface area (Å²) in [6, 6.07) is 9.42. The van der Waals surface area contributed by atoms with Gasteiger partial charge >= 0.3 is 5.69 Å². The van der Waals surface area contributed by atoms with Crippen molar-refractivity contribution in [1.29, 1.82) is 0 Å². The van der Waals surface area contributed by atoms with Crippen LogP contribution in [0.4, 0.5) is 17.5 Å². The van der Waals surface area contributed by atoms with Crippen LogP contribution in [0.15, 0.2) is 35.4 Å². The molecule has 0 bridgehead atoms.